The number of imidazole rings is 1. The average molecular weight is 420 g/mol. The summed E-state index contributed by atoms with van der Waals surface area (Å²) in [6.07, 6.45) is 3.76. The van der Waals surface area contributed by atoms with Gasteiger partial charge < -0.3 is 14.6 Å². The zero-order chi connectivity index (χ0) is 19.7. The van der Waals surface area contributed by atoms with Crippen molar-refractivity contribution in [3.8, 4) is 11.3 Å². The molecule has 0 aromatic carbocycles. The zero-order valence-electron chi connectivity index (χ0n) is 15.0. The van der Waals surface area contributed by atoms with Crippen molar-refractivity contribution in [2.45, 2.75) is 13.0 Å². The molecule has 28 heavy (non-hydrogen) atoms. The Hall–Kier alpha value is -2.46. The van der Waals surface area contributed by atoms with Crippen LogP contribution < -0.4 is 15.8 Å². The number of piperazine rings is 1. The summed E-state index contributed by atoms with van der Waals surface area (Å²) in [4.78, 5) is 24.6. The van der Waals surface area contributed by atoms with Gasteiger partial charge in [-0.15, -0.1) is 11.3 Å². The van der Waals surface area contributed by atoms with Crippen molar-refractivity contribution in [2.75, 3.05) is 24.5 Å². The molecule has 0 aliphatic carbocycles. The van der Waals surface area contributed by atoms with Crippen LogP contribution in [-0.4, -0.2) is 44.7 Å². The molecule has 1 atom stereocenters. The van der Waals surface area contributed by atoms with Crippen LogP contribution >= 0.6 is 23.2 Å². The highest BCUT2D eigenvalue weighted by atomic mass is 35.5. The number of hydrogen-bond acceptors (Lipinski definition) is 8. The van der Waals surface area contributed by atoms with Gasteiger partial charge in [0, 0.05) is 48.8 Å². The van der Waals surface area contributed by atoms with E-state index in [1.54, 1.807) is 0 Å². The van der Waals surface area contributed by atoms with Gasteiger partial charge in [0.05, 0.1) is 23.1 Å². The molecule has 4 aromatic rings. The summed E-state index contributed by atoms with van der Waals surface area (Å²) in [6.45, 7) is 4.83. The maximum Gasteiger partial charge on any atom is 0.347 e. The fourth-order valence-corrected chi connectivity index (χ4v) is 4.04. The van der Waals surface area contributed by atoms with Crippen LogP contribution in [0.15, 0.2) is 45.2 Å². The highest BCUT2D eigenvalue weighted by Crippen LogP contribution is 2.24. The first kappa shape index (κ1) is 18.9. The predicted octanol–water partition coefficient (Wildman–Crippen LogP) is 2.49. The molecule has 1 aliphatic heterocycles. The van der Waals surface area contributed by atoms with Gasteiger partial charge in [0.2, 0.25) is 5.71 Å². The summed E-state index contributed by atoms with van der Waals surface area (Å²) in [6, 6.07) is 6.15. The summed E-state index contributed by atoms with van der Waals surface area (Å²) >= 11 is 5.17. The van der Waals surface area contributed by atoms with Crippen molar-refractivity contribution < 1.29 is 9.08 Å². The van der Waals surface area contributed by atoms with E-state index in [4.69, 9.17) is 9.08 Å². The van der Waals surface area contributed by atoms with Gasteiger partial charge in [0.25, 0.3) is 0 Å². The van der Waals surface area contributed by atoms with E-state index in [1.165, 1.54) is 11.3 Å². The number of aromatic nitrogens is 3. The number of nitrogens with one attached hydrogen (secondary N) is 1. The van der Waals surface area contributed by atoms with Crippen molar-refractivity contribution in [1.82, 2.24) is 19.7 Å². The minimum Gasteiger partial charge on any atom is -0.403 e. The fourth-order valence-electron chi connectivity index (χ4n) is 3.34. The predicted molar refractivity (Wildman–Crippen MR) is 110 cm³/mol. The largest absolute Gasteiger partial charge is 0.403 e. The first-order valence-corrected chi connectivity index (χ1v) is 9.92. The molecule has 8 nitrogen and oxygen atoms in total. The maximum absolute atomic E-state index is 12.5. The summed E-state index contributed by atoms with van der Waals surface area (Å²) in [5, 5.41) is 6.16. The number of pyridine rings is 1. The number of anilines is 1. The maximum atomic E-state index is 12.5. The van der Waals surface area contributed by atoms with Gasteiger partial charge in [-0.1, -0.05) is 0 Å². The normalized spacial score (nSPS) is 17.0. The van der Waals surface area contributed by atoms with Crippen LogP contribution in [0, 0.1) is 0 Å². The summed E-state index contributed by atoms with van der Waals surface area (Å²) < 4.78 is 13.9. The first-order valence-electron chi connectivity index (χ1n) is 8.70. The molecule has 4 aromatic heterocycles. The van der Waals surface area contributed by atoms with Gasteiger partial charge in [-0.3, -0.25) is 9.06 Å². The van der Waals surface area contributed by atoms with Crippen molar-refractivity contribution in [2.24, 2.45) is 0 Å². The van der Waals surface area contributed by atoms with Gasteiger partial charge in [-0.2, -0.15) is 4.98 Å². The molecule has 0 spiro atoms. The molecule has 0 radical (unpaired) electrons. The lowest BCUT2D eigenvalue weighted by Gasteiger charge is -2.32. The second kappa shape index (κ2) is 7.88. The molecular formula is C18H18ClN5O3S. The van der Waals surface area contributed by atoms with Crippen LogP contribution in [0.25, 0.3) is 27.3 Å². The second-order valence-electron chi connectivity index (χ2n) is 6.53. The average Bonchev–Trinajstić information content (AvgIpc) is 3.31. The second-order valence-corrected chi connectivity index (χ2v) is 7.40. The molecular weight excluding hydrogens is 402 g/mol. The molecule has 1 saturated heterocycles. The minimum absolute atomic E-state index is 0.364. The van der Waals surface area contributed by atoms with Crippen molar-refractivity contribution in [3.05, 3.63) is 46.4 Å². The number of halogens is 1. The molecule has 0 unspecified atom stereocenters. The third kappa shape index (κ3) is 3.49. The van der Waals surface area contributed by atoms with Gasteiger partial charge in [0.1, 0.15) is 5.82 Å². The lowest BCUT2D eigenvalue weighted by molar-refractivity contribution is 0.481. The Labute approximate surface area is 169 Å². The Bertz CT molecular complexity index is 1140. The molecule has 5 heterocycles. The molecule has 2 N–H and O–H groups in total. The van der Waals surface area contributed by atoms with E-state index >= 15 is 0 Å². The van der Waals surface area contributed by atoms with E-state index in [2.05, 4.69) is 39.0 Å². The third-order valence-electron chi connectivity index (χ3n) is 4.65. The molecule has 0 bridgehead atoms. The Kier molecular flexibility index (Phi) is 5.31. The van der Waals surface area contributed by atoms with E-state index < -0.39 is 5.63 Å². The van der Waals surface area contributed by atoms with Gasteiger partial charge in [0.15, 0.2) is 4.96 Å². The molecule has 10 heteroatoms. The molecule has 0 amide bonds. The quantitative estimate of drug-likeness (QED) is 0.515. The lowest BCUT2D eigenvalue weighted by atomic mass is 10.2. The Balaban J connectivity index is 0.000000932. The third-order valence-corrected chi connectivity index (χ3v) is 5.42. The van der Waals surface area contributed by atoms with Crippen LogP contribution in [0.3, 0.4) is 0 Å². The van der Waals surface area contributed by atoms with E-state index in [0.717, 1.165) is 35.8 Å². The summed E-state index contributed by atoms with van der Waals surface area (Å²) in [7, 11) is 0. The smallest absolute Gasteiger partial charge is 0.347 e. The molecule has 1 aliphatic rings. The van der Waals surface area contributed by atoms with E-state index in [-0.39, 0.29) is 0 Å². The highest BCUT2D eigenvalue weighted by Gasteiger charge is 2.18. The van der Waals surface area contributed by atoms with E-state index in [0.29, 0.717) is 23.0 Å². The van der Waals surface area contributed by atoms with Crippen molar-refractivity contribution in [3.63, 3.8) is 0 Å². The number of rotatable bonds is 2. The van der Waals surface area contributed by atoms with Gasteiger partial charge in [-0.05, 0) is 25.1 Å². The number of hydrogen-bond donors (Lipinski definition) is 2. The van der Waals surface area contributed by atoms with Crippen LogP contribution in [0.2, 0.25) is 0 Å². The number of fused-ring (bicyclic) bond motifs is 2. The molecule has 1 fully saturated rings. The van der Waals surface area contributed by atoms with Crippen LogP contribution in [0.5, 0.6) is 0 Å². The number of nitrogens with zero attached hydrogens (tertiary/aromatic N) is 4. The topological polar surface area (TPSA) is 95.9 Å². The Morgan fingerprint density at radius 3 is 3.00 bits per heavy atom. The highest BCUT2D eigenvalue weighted by molar-refractivity contribution is 7.15. The van der Waals surface area contributed by atoms with Crippen LogP contribution in [0.4, 0.5) is 5.82 Å². The molecule has 5 rings (SSSR count). The zero-order valence-corrected chi connectivity index (χ0v) is 16.6. The summed E-state index contributed by atoms with van der Waals surface area (Å²) in [5.41, 5.74) is 1.02. The Morgan fingerprint density at radius 1 is 1.36 bits per heavy atom. The standard InChI is InChI=1S/C18H17N5O2S.ClHO/c1-11-9-22(5-4-19-11)15-3-2-12-8-13(17(24)25-16(12)21-15)14-10-23-6-7-26-18(23)20-14;1-2/h2-3,6-8,10-11,19H,4-5,9H2,1H3;2H/t11-;/m0./s1. The fraction of sp³-hybridized carbons (Fsp3) is 0.278. The SMILES string of the molecule is C[C@H]1CN(c2ccc3cc(-c4cn5ccsc5n4)c(=O)oc3n2)CCN1.OCl. The summed E-state index contributed by atoms with van der Waals surface area (Å²) in [5.74, 6) is 0.837. The monoisotopic (exact) mass is 419 g/mol. The molecule has 146 valence electrons. The first-order chi connectivity index (χ1) is 13.7. The lowest BCUT2D eigenvalue weighted by Crippen LogP contribution is -2.49. The van der Waals surface area contributed by atoms with Crippen molar-refractivity contribution >= 4 is 45.1 Å². The Morgan fingerprint density at radius 2 is 2.21 bits per heavy atom. The van der Waals surface area contributed by atoms with Gasteiger partial charge >= 0.3 is 5.63 Å². The van der Waals surface area contributed by atoms with Crippen LogP contribution in [-0.2, 0) is 0 Å². The van der Waals surface area contributed by atoms with Gasteiger partial charge in [-0.25, -0.2) is 9.78 Å². The van der Waals surface area contributed by atoms with Crippen LogP contribution in [0.1, 0.15) is 6.92 Å². The molecule has 0 saturated carbocycles. The van der Waals surface area contributed by atoms with Crippen molar-refractivity contribution in [1.29, 1.82) is 0 Å². The minimum atomic E-state index is -0.415. The van der Waals surface area contributed by atoms with E-state index in [9.17, 15) is 4.79 Å². The van der Waals surface area contributed by atoms with E-state index in [1.807, 2.05) is 40.4 Å². The number of thiazole rings is 1.